The minimum absolute atomic E-state index is 0.0815. The molecule has 1 aromatic heterocycles. The first-order valence-corrected chi connectivity index (χ1v) is 12.8. The van der Waals surface area contributed by atoms with Gasteiger partial charge in [0.15, 0.2) is 5.82 Å². The lowest BCUT2D eigenvalue weighted by Gasteiger charge is -2.31. The zero-order valence-electron chi connectivity index (χ0n) is 19.5. The number of carbonyl (C=O) groups excluding carboxylic acids is 1. The Morgan fingerprint density at radius 1 is 1.15 bits per heavy atom. The van der Waals surface area contributed by atoms with Crippen LogP contribution >= 0.6 is 0 Å². The van der Waals surface area contributed by atoms with E-state index in [2.05, 4.69) is 15.2 Å². The second-order valence-electron chi connectivity index (χ2n) is 10.6. The average Bonchev–Trinajstić information content (AvgIpc) is 3.40. The van der Waals surface area contributed by atoms with Crippen molar-refractivity contribution in [2.24, 2.45) is 11.8 Å². The number of aliphatic hydroxyl groups is 1. The third-order valence-corrected chi connectivity index (χ3v) is 8.38. The van der Waals surface area contributed by atoms with E-state index in [1.54, 1.807) is 12.3 Å². The number of amides is 1. The molecule has 6 rings (SSSR count). The summed E-state index contributed by atoms with van der Waals surface area (Å²) >= 11 is 0. The summed E-state index contributed by atoms with van der Waals surface area (Å²) in [6.45, 7) is 4.89. The summed E-state index contributed by atoms with van der Waals surface area (Å²) in [7, 11) is 0. The highest BCUT2D eigenvalue weighted by Crippen LogP contribution is 2.37. The van der Waals surface area contributed by atoms with Crippen LogP contribution in [0.15, 0.2) is 30.5 Å². The molecule has 6 nitrogen and oxygen atoms in total. The van der Waals surface area contributed by atoms with Gasteiger partial charge in [-0.15, -0.1) is 0 Å². The predicted octanol–water partition coefficient (Wildman–Crippen LogP) is 3.19. The van der Waals surface area contributed by atoms with E-state index in [1.165, 1.54) is 0 Å². The molecule has 4 aliphatic rings. The van der Waals surface area contributed by atoms with E-state index >= 15 is 4.39 Å². The Bertz CT molecular complexity index is 1090. The lowest BCUT2D eigenvalue weighted by atomic mass is 9.80. The van der Waals surface area contributed by atoms with E-state index < -0.39 is 0 Å². The largest absolute Gasteiger partial charge is 0.393 e. The van der Waals surface area contributed by atoms with Crippen molar-refractivity contribution >= 4 is 5.91 Å². The topological polar surface area (TPSA) is 68.7 Å². The van der Waals surface area contributed by atoms with Gasteiger partial charge in [0.1, 0.15) is 5.69 Å². The molecule has 3 aliphatic heterocycles. The minimum Gasteiger partial charge on any atom is -0.393 e. The molecule has 4 heterocycles. The molecule has 0 bridgehead atoms. The minimum atomic E-state index is -0.269. The smallest absolute Gasteiger partial charge is 0.254 e. The molecule has 3 fully saturated rings. The van der Waals surface area contributed by atoms with Gasteiger partial charge in [0, 0.05) is 61.7 Å². The fourth-order valence-corrected chi connectivity index (χ4v) is 6.57. The quantitative estimate of drug-likeness (QED) is 0.728. The molecule has 0 spiro atoms. The first-order valence-electron chi connectivity index (χ1n) is 12.8. The van der Waals surface area contributed by atoms with E-state index in [0.29, 0.717) is 36.2 Å². The first kappa shape index (κ1) is 22.1. The Hall–Kier alpha value is -2.35. The second kappa shape index (κ2) is 9.02. The summed E-state index contributed by atoms with van der Waals surface area (Å²) in [4.78, 5) is 21.6. The molecule has 2 aromatic rings. The third-order valence-electron chi connectivity index (χ3n) is 8.38. The number of carbonyl (C=O) groups is 1. The second-order valence-corrected chi connectivity index (χ2v) is 10.6. The van der Waals surface area contributed by atoms with Gasteiger partial charge < -0.3 is 15.3 Å². The van der Waals surface area contributed by atoms with Gasteiger partial charge in [-0.25, -0.2) is 4.39 Å². The van der Waals surface area contributed by atoms with E-state index in [0.717, 1.165) is 75.0 Å². The Kier molecular flexibility index (Phi) is 5.87. The van der Waals surface area contributed by atoms with Crippen LogP contribution in [-0.2, 0) is 13.1 Å². The van der Waals surface area contributed by atoms with Crippen LogP contribution in [0.2, 0.25) is 0 Å². The molecule has 1 aliphatic carbocycles. The summed E-state index contributed by atoms with van der Waals surface area (Å²) in [6.07, 6.45) is 6.44. The molecule has 0 radical (unpaired) electrons. The van der Waals surface area contributed by atoms with Crippen molar-refractivity contribution in [2.45, 2.75) is 57.3 Å². The highest BCUT2D eigenvalue weighted by Gasteiger charge is 2.37. The number of piperidine rings is 1. The zero-order valence-corrected chi connectivity index (χ0v) is 19.5. The normalized spacial score (nSPS) is 29.4. The van der Waals surface area contributed by atoms with E-state index in [4.69, 9.17) is 0 Å². The average molecular weight is 465 g/mol. The van der Waals surface area contributed by atoms with Crippen LogP contribution in [0, 0.1) is 17.7 Å². The van der Waals surface area contributed by atoms with Crippen molar-refractivity contribution in [3.63, 3.8) is 0 Å². The Labute approximate surface area is 200 Å². The van der Waals surface area contributed by atoms with Gasteiger partial charge in [0.05, 0.1) is 6.10 Å². The van der Waals surface area contributed by atoms with E-state index in [9.17, 15) is 9.90 Å². The number of pyridine rings is 1. The summed E-state index contributed by atoms with van der Waals surface area (Å²) in [5.41, 5.74) is 3.44. The van der Waals surface area contributed by atoms with Crippen molar-refractivity contribution in [3.05, 3.63) is 53.0 Å². The van der Waals surface area contributed by atoms with Gasteiger partial charge in [-0.1, -0.05) is 6.07 Å². The van der Waals surface area contributed by atoms with Gasteiger partial charge in [-0.3, -0.25) is 14.7 Å². The molecule has 1 unspecified atom stereocenters. The Morgan fingerprint density at radius 2 is 2.03 bits per heavy atom. The number of hydrogen-bond acceptors (Lipinski definition) is 5. The standard InChI is InChI=1S/C27H33FN4O2/c28-25-19(14-31-13-18-3-5-23(33)11-20(18)15-31)7-9-30-26(25)17-4-6-24-21(10-17)16-32(27(24)34)22-2-1-8-29-12-22/h4,6-7,9-10,18,20,22-23,29,33H,1-3,5,8,11-16H2/t18-,20+,22+,23?/m1/s1. The fraction of sp³-hybridized carbons (Fsp3) is 0.556. The number of halogens is 1. The van der Waals surface area contributed by atoms with Gasteiger partial charge >= 0.3 is 0 Å². The van der Waals surface area contributed by atoms with Crippen LogP contribution < -0.4 is 5.32 Å². The lowest BCUT2D eigenvalue weighted by molar-refractivity contribution is 0.0674. The number of aromatic nitrogens is 1. The first-order chi connectivity index (χ1) is 16.6. The summed E-state index contributed by atoms with van der Waals surface area (Å²) in [6, 6.07) is 7.63. The van der Waals surface area contributed by atoms with Crippen molar-refractivity contribution < 1.29 is 14.3 Å². The number of nitrogens with zero attached hydrogens (tertiary/aromatic N) is 3. The number of likely N-dealkylation sites (tertiary alicyclic amines) is 1. The van der Waals surface area contributed by atoms with Crippen LogP contribution in [0.1, 0.15) is 53.6 Å². The van der Waals surface area contributed by atoms with Gasteiger partial charge in [0.25, 0.3) is 5.91 Å². The number of rotatable bonds is 4. The van der Waals surface area contributed by atoms with Crippen molar-refractivity contribution in [2.75, 3.05) is 26.2 Å². The Morgan fingerprint density at radius 3 is 2.88 bits per heavy atom. The highest BCUT2D eigenvalue weighted by molar-refractivity contribution is 5.99. The molecule has 2 saturated heterocycles. The number of nitrogens with one attached hydrogen (secondary N) is 1. The molecule has 180 valence electrons. The number of fused-ring (bicyclic) bond motifs is 2. The number of benzene rings is 1. The molecule has 34 heavy (non-hydrogen) atoms. The SMILES string of the molecule is O=C1c2ccc(-c3nccc(CN4C[C@H]5CCC(O)C[C@H]5C4)c3F)cc2CN1[C@H]1CCCNC1. The van der Waals surface area contributed by atoms with Gasteiger partial charge in [-0.2, -0.15) is 0 Å². The van der Waals surface area contributed by atoms with E-state index in [1.807, 2.05) is 23.1 Å². The van der Waals surface area contributed by atoms with Gasteiger partial charge in [0.2, 0.25) is 0 Å². The maximum absolute atomic E-state index is 15.6. The molecular formula is C27H33FN4O2. The van der Waals surface area contributed by atoms with Gasteiger partial charge in [-0.05, 0) is 74.2 Å². The fourth-order valence-electron chi connectivity index (χ4n) is 6.57. The molecule has 4 atom stereocenters. The van der Waals surface area contributed by atoms with Crippen LogP contribution in [0.5, 0.6) is 0 Å². The van der Waals surface area contributed by atoms with Crippen LogP contribution in [-0.4, -0.2) is 64.1 Å². The highest BCUT2D eigenvalue weighted by atomic mass is 19.1. The Balaban J connectivity index is 1.20. The maximum Gasteiger partial charge on any atom is 0.254 e. The molecule has 2 N–H and O–H groups in total. The van der Waals surface area contributed by atoms with Crippen LogP contribution in [0.4, 0.5) is 4.39 Å². The molecular weight excluding hydrogens is 431 g/mol. The molecule has 1 saturated carbocycles. The molecule has 1 amide bonds. The lowest BCUT2D eigenvalue weighted by Crippen LogP contribution is -2.46. The zero-order chi connectivity index (χ0) is 23.2. The van der Waals surface area contributed by atoms with Crippen molar-refractivity contribution in [1.82, 2.24) is 20.1 Å². The van der Waals surface area contributed by atoms with Crippen molar-refractivity contribution in [1.29, 1.82) is 0 Å². The molecule has 1 aromatic carbocycles. The number of aliphatic hydroxyl groups excluding tert-OH is 1. The van der Waals surface area contributed by atoms with E-state index in [-0.39, 0.29) is 23.9 Å². The monoisotopic (exact) mass is 464 g/mol. The van der Waals surface area contributed by atoms with Crippen LogP contribution in [0.25, 0.3) is 11.3 Å². The summed E-state index contributed by atoms with van der Waals surface area (Å²) in [5.74, 6) is 0.946. The number of hydrogen-bond donors (Lipinski definition) is 2. The maximum atomic E-state index is 15.6. The van der Waals surface area contributed by atoms with Crippen molar-refractivity contribution in [3.8, 4) is 11.3 Å². The predicted molar refractivity (Wildman–Crippen MR) is 128 cm³/mol. The molecule has 7 heteroatoms. The van der Waals surface area contributed by atoms with Crippen LogP contribution in [0.3, 0.4) is 0 Å². The summed E-state index contributed by atoms with van der Waals surface area (Å²) < 4.78 is 15.6. The summed E-state index contributed by atoms with van der Waals surface area (Å²) in [5, 5.41) is 13.4. The third kappa shape index (κ3) is 4.04.